The molecule has 1 aromatic carbocycles. The lowest BCUT2D eigenvalue weighted by Gasteiger charge is -2.40. The molecule has 3 rings (SSSR count). The van der Waals surface area contributed by atoms with Crippen LogP contribution < -0.4 is 5.32 Å². The number of aromatic nitrogens is 2. The summed E-state index contributed by atoms with van der Waals surface area (Å²) >= 11 is 6.06. The van der Waals surface area contributed by atoms with Crippen LogP contribution in [0.25, 0.3) is 10.9 Å². The van der Waals surface area contributed by atoms with Crippen LogP contribution in [0.15, 0.2) is 24.5 Å². The van der Waals surface area contributed by atoms with Crippen LogP contribution in [0.4, 0.5) is 5.82 Å². The minimum Gasteiger partial charge on any atom is -0.368 e. The molecule has 1 atom stereocenters. The maximum absolute atomic E-state index is 6.06. The molecule has 5 nitrogen and oxygen atoms in total. The quantitative estimate of drug-likeness (QED) is 0.900. The summed E-state index contributed by atoms with van der Waals surface area (Å²) in [6.45, 7) is 10.00. The van der Waals surface area contributed by atoms with E-state index >= 15 is 0 Å². The maximum atomic E-state index is 6.06. The molecule has 0 aliphatic carbocycles. The maximum Gasteiger partial charge on any atom is 0.137 e. The number of piperazine rings is 1. The standard InChI is InChI=1S/C18H26ClN5/c1-13(2)17(24-8-6-23(3)7-9-24)11-20-18-15-5-4-14(19)10-16(15)21-12-22-18/h4-5,10,12-13,17H,6-9,11H2,1-3H3,(H,20,21,22)/t17-/m1/s1. The number of rotatable bonds is 5. The smallest absolute Gasteiger partial charge is 0.137 e. The summed E-state index contributed by atoms with van der Waals surface area (Å²) in [6, 6.07) is 6.25. The van der Waals surface area contributed by atoms with Crippen molar-refractivity contribution < 1.29 is 0 Å². The van der Waals surface area contributed by atoms with Gasteiger partial charge in [0.05, 0.1) is 5.52 Å². The topological polar surface area (TPSA) is 44.3 Å². The molecule has 1 aliphatic rings. The van der Waals surface area contributed by atoms with E-state index in [1.54, 1.807) is 6.33 Å². The Morgan fingerprint density at radius 1 is 1.17 bits per heavy atom. The Kier molecular flexibility index (Phi) is 5.54. The third kappa shape index (κ3) is 3.97. The Labute approximate surface area is 149 Å². The van der Waals surface area contributed by atoms with E-state index in [0.717, 1.165) is 49.4 Å². The molecule has 0 bridgehead atoms. The SMILES string of the molecule is CC(C)[C@@H](CNc1ncnc2cc(Cl)ccc12)N1CCN(C)CC1. The average Bonchev–Trinajstić information content (AvgIpc) is 2.56. The van der Waals surface area contributed by atoms with Gasteiger partial charge in [-0.3, -0.25) is 4.90 Å². The number of nitrogens with one attached hydrogen (secondary N) is 1. The van der Waals surface area contributed by atoms with Crippen LogP contribution >= 0.6 is 11.6 Å². The van der Waals surface area contributed by atoms with Gasteiger partial charge in [0.1, 0.15) is 12.1 Å². The highest BCUT2D eigenvalue weighted by molar-refractivity contribution is 6.31. The van der Waals surface area contributed by atoms with E-state index in [9.17, 15) is 0 Å². The van der Waals surface area contributed by atoms with Gasteiger partial charge in [-0.15, -0.1) is 0 Å². The van der Waals surface area contributed by atoms with E-state index in [4.69, 9.17) is 11.6 Å². The highest BCUT2D eigenvalue weighted by Crippen LogP contribution is 2.23. The number of anilines is 1. The summed E-state index contributed by atoms with van der Waals surface area (Å²) in [4.78, 5) is 13.7. The van der Waals surface area contributed by atoms with Crippen LogP contribution in [0.1, 0.15) is 13.8 Å². The lowest BCUT2D eigenvalue weighted by molar-refractivity contribution is 0.0944. The predicted molar refractivity (Wildman–Crippen MR) is 101 cm³/mol. The van der Waals surface area contributed by atoms with Crippen LogP contribution in [-0.4, -0.2) is 65.6 Å². The summed E-state index contributed by atoms with van der Waals surface area (Å²) in [5.74, 6) is 1.47. The minimum atomic E-state index is 0.496. The molecule has 1 fully saturated rings. The first-order valence-corrected chi connectivity index (χ1v) is 8.99. The Morgan fingerprint density at radius 3 is 2.62 bits per heavy atom. The summed E-state index contributed by atoms with van der Waals surface area (Å²) in [5, 5.41) is 5.26. The highest BCUT2D eigenvalue weighted by Gasteiger charge is 2.25. The number of fused-ring (bicyclic) bond motifs is 1. The van der Waals surface area contributed by atoms with Gasteiger partial charge in [0.2, 0.25) is 0 Å². The molecule has 6 heteroatoms. The first-order chi connectivity index (χ1) is 11.5. The molecule has 1 aromatic heterocycles. The van der Waals surface area contributed by atoms with Crippen molar-refractivity contribution >= 4 is 28.3 Å². The fraction of sp³-hybridized carbons (Fsp3) is 0.556. The fourth-order valence-electron chi connectivity index (χ4n) is 3.31. The number of benzene rings is 1. The number of hydrogen-bond acceptors (Lipinski definition) is 5. The summed E-state index contributed by atoms with van der Waals surface area (Å²) in [5.41, 5.74) is 0.876. The Hall–Kier alpha value is -1.43. The third-order valence-electron chi connectivity index (χ3n) is 4.85. The number of hydrogen-bond donors (Lipinski definition) is 1. The fourth-order valence-corrected chi connectivity index (χ4v) is 3.48. The van der Waals surface area contributed by atoms with Gasteiger partial charge in [-0.1, -0.05) is 25.4 Å². The molecule has 1 aliphatic heterocycles. The number of halogens is 1. The lowest BCUT2D eigenvalue weighted by Crippen LogP contribution is -2.52. The molecular formula is C18H26ClN5. The van der Waals surface area contributed by atoms with E-state index in [0.29, 0.717) is 17.0 Å². The highest BCUT2D eigenvalue weighted by atomic mass is 35.5. The monoisotopic (exact) mass is 347 g/mol. The predicted octanol–water partition coefficient (Wildman–Crippen LogP) is 2.97. The van der Waals surface area contributed by atoms with Crippen LogP contribution in [0.2, 0.25) is 5.02 Å². The van der Waals surface area contributed by atoms with Crippen molar-refractivity contribution in [2.45, 2.75) is 19.9 Å². The second-order valence-corrected chi connectivity index (χ2v) is 7.35. The molecule has 0 amide bonds. The third-order valence-corrected chi connectivity index (χ3v) is 5.09. The van der Waals surface area contributed by atoms with Crippen molar-refractivity contribution in [2.24, 2.45) is 5.92 Å². The van der Waals surface area contributed by atoms with Gasteiger partial charge < -0.3 is 10.2 Å². The zero-order valence-corrected chi connectivity index (χ0v) is 15.4. The molecule has 0 spiro atoms. The summed E-state index contributed by atoms with van der Waals surface area (Å²) in [6.07, 6.45) is 1.60. The van der Waals surface area contributed by atoms with Gasteiger partial charge in [0, 0.05) is 49.2 Å². The van der Waals surface area contributed by atoms with Crippen molar-refractivity contribution in [2.75, 3.05) is 45.1 Å². The molecule has 24 heavy (non-hydrogen) atoms. The van der Waals surface area contributed by atoms with Crippen molar-refractivity contribution in [1.82, 2.24) is 19.8 Å². The Balaban J connectivity index is 1.73. The molecule has 1 saturated heterocycles. The van der Waals surface area contributed by atoms with Crippen molar-refractivity contribution in [3.63, 3.8) is 0 Å². The van der Waals surface area contributed by atoms with E-state index < -0.39 is 0 Å². The van der Waals surface area contributed by atoms with Crippen molar-refractivity contribution in [3.8, 4) is 0 Å². The zero-order valence-electron chi connectivity index (χ0n) is 14.7. The normalized spacial score (nSPS) is 18.2. The van der Waals surface area contributed by atoms with E-state index in [1.807, 2.05) is 18.2 Å². The van der Waals surface area contributed by atoms with Crippen LogP contribution in [0.3, 0.4) is 0 Å². The molecule has 0 unspecified atom stereocenters. The molecule has 0 radical (unpaired) electrons. The molecule has 1 N–H and O–H groups in total. The summed E-state index contributed by atoms with van der Waals surface area (Å²) < 4.78 is 0. The van der Waals surface area contributed by atoms with E-state index in [2.05, 4.69) is 46.0 Å². The largest absolute Gasteiger partial charge is 0.368 e. The average molecular weight is 348 g/mol. The van der Waals surface area contributed by atoms with Gasteiger partial charge >= 0.3 is 0 Å². The first kappa shape index (κ1) is 17.4. The number of nitrogens with zero attached hydrogens (tertiary/aromatic N) is 4. The second kappa shape index (κ2) is 7.64. The van der Waals surface area contributed by atoms with Gasteiger partial charge in [0.15, 0.2) is 0 Å². The summed E-state index contributed by atoms with van der Waals surface area (Å²) in [7, 11) is 2.19. The first-order valence-electron chi connectivity index (χ1n) is 8.61. The Bertz CT molecular complexity index is 682. The minimum absolute atomic E-state index is 0.496. The van der Waals surface area contributed by atoms with Gasteiger partial charge in [-0.25, -0.2) is 9.97 Å². The zero-order chi connectivity index (χ0) is 17.1. The molecular weight excluding hydrogens is 322 g/mol. The second-order valence-electron chi connectivity index (χ2n) is 6.92. The number of likely N-dealkylation sites (N-methyl/N-ethyl adjacent to an activating group) is 1. The van der Waals surface area contributed by atoms with E-state index in [1.165, 1.54) is 0 Å². The van der Waals surface area contributed by atoms with Gasteiger partial charge in [-0.05, 0) is 31.2 Å². The molecule has 2 aromatic rings. The van der Waals surface area contributed by atoms with Gasteiger partial charge in [-0.2, -0.15) is 0 Å². The van der Waals surface area contributed by atoms with Crippen molar-refractivity contribution in [1.29, 1.82) is 0 Å². The van der Waals surface area contributed by atoms with Crippen LogP contribution in [0.5, 0.6) is 0 Å². The molecule has 2 heterocycles. The van der Waals surface area contributed by atoms with Crippen molar-refractivity contribution in [3.05, 3.63) is 29.5 Å². The molecule has 0 saturated carbocycles. The van der Waals surface area contributed by atoms with Gasteiger partial charge in [0.25, 0.3) is 0 Å². The van der Waals surface area contributed by atoms with E-state index in [-0.39, 0.29) is 0 Å². The van der Waals surface area contributed by atoms with Crippen LogP contribution in [-0.2, 0) is 0 Å². The van der Waals surface area contributed by atoms with Crippen LogP contribution in [0, 0.1) is 5.92 Å². The lowest BCUT2D eigenvalue weighted by atomic mass is 10.0. The molecule has 130 valence electrons. The Morgan fingerprint density at radius 2 is 1.92 bits per heavy atom.